The summed E-state index contributed by atoms with van der Waals surface area (Å²) in [5.41, 5.74) is 2.52. The van der Waals surface area contributed by atoms with E-state index in [0.717, 1.165) is 16.7 Å². The molecule has 0 amide bonds. The van der Waals surface area contributed by atoms with Crippen LogP contribution in [0.25, 0.3) is 6.08 Å². The molecular formula is C23H20O4. The quantitative estimate of drug-likeness (QED) is 0.509. The number of methoxy groups -OCH3 is 1. The summed E-state index contributed by atoms with van der Waals surface area (Å²) in [6.45, 7) is 0. The van der Waals surface area contributed by atoms with Crippen LogP contribution in [0.4, 0.5) is 0 Å². The Kier molecular flexibility index (Phi) is 5.90. The van der Waals surface area contributed by atoms with Crippen molar-refractivity contribution >= 4 is 12.0 Å². The Hall–Kier alpha value is -3.53. The minimum absolute atomic E-state index is 0.0467. The van der Waals surface area contributed by atoms with Gasteiger partial charge in [0.05, 0.1) is 7.11 Å². The lowest BCUT2D eigenvalue weighted by molar-refractivity contribution is -0.141. The molecule has 0 heterocycles. The lowest BCUT2D eigenvalue weighted by Gasteiger charge is -2.18. The number of hydrogen-bond acceptors (Lipinski definition) is 4. The normalized spacial score (nSPS) is 10.9. The molecule has 3 aromatic rings. The lowest BCUT2D eigenvalue weighted by Crippen LogP contribution is -2.10. The Labute approximate surface area is 158 Å². The van der Waals surface area contributed by atoms with E-state index in [4.69, 9.17) is 9.47 Å². The minimum atomic E-state index is -0.487. The number of carbonyl (C=O) groups is 1. The van der Waals surface area contributed by atoms with Gasteiger partial charge < -0.3 is 14.6 Å². The van der Waals surface area contributed by atoms with Crippen LogP contribution in [-0.2, 0) is 9.53 Å². The smallest absolute Gasteiger partial charge is 0.331 e. The zero-order chi connectivity index (χ0) is 19.1. The van der Waals surface area contributed by atoms with E-state index in [1.807, 2.05) is 60.7 Å². The zero-order valence-electron chi connectivity index (χ0n) is 14.9. The van der Waals surface area contributed by atoms with Crippen molar-refractivity contribution < 1.29 is 19.4 Å². The van der Waals surface area contributed by atoms with E-state index >= 15 is 0 Å². The molecule has 0 bridgehead atoms. The van der Waals surface area contributed by atoms with Crippen molar-refractivity contribution in [1.29, 1.82) is 0 Å². The van der Waals surface area contributed by atoms with Crippen LogP contribution in [0.1, 0.15) is 22.8 Å². The first-order valence-electron chi connectivity index (χ1n) is 8.53. The number of phenolic OH excluding ortho intramolecular Hbond substituents is 1. The number of phenols is 1. The molecule has 136 valence electrons. The third-order valence-electron chi connectivity index (χ3n) is 4.05. The average molecular weight is 360 g/mol. The number of rotatable bonds is 6. The van der Waals surface area contributed by atoms with Crippen molar-refractivity contribution in [2.75, 3.05) is 7.11 Å². The van der Waals surface area contributed by atoms with Crippen LogP contribution in [-0.4, -0.2) is 18.2 Å². The van der Waals surface area contributed by atoms with E-state index in [2.05, 4.69) is 0 Å². The molecule has 0 spiro atoms. The predicted molar refractivity (Wildman–Crippen MR) is 105 cm³/mol. The fourth-order valence-corrected chi connectivity index (χ4v) is 2.70. The lowest BCUT2D eigenvalue weighted by atomic mass is 10.0. The Morgan fingerprint density at radius 2 is 1.52 bits per heavy atom. The molecule has 3 aromatic carbocycles. The van der Waals surface area contributed by atoms with Crippen LogP contribution in [0.5, 0.6) is 11.5 Å². The van der Waals surface area contributed by atoms with Crippen molar-refractivity contribution in [3.05, 3.63) is 102 Å². The van der Waals surface area contributed by atoms with Crippen molar-refractivity contribution in [2.45, 2.75) is 6.10 Å². The standard InChI is InChI=1S/C23H20O4/c1-26-21-16-17(12-14-20(21)24)13-15-22(25)27-23(18-8-4-2-5-9-18)19-10-6-3-7-11-19/h2-16,23-24H,1H3/b15-13+. The number of ether oxygens (including phenoxy) is 2. The highest BCUT2D eigenvalue weighted by Gasteiger charge is 2.17. The van der Waals surface area contributed by atoms with Crippen LogP contribution < -0.4 is 4.74 Å². The van der Waals surface area contributed by atoms with Crippen LogP contribution in [0.3, 0.4) is 0 Å². The van der Waals surface area contributed by atoms with Gasteiger partial charge in [-0.15, -0.1) is 0 Å². The molecule has 27 heavy (non-hydrogen) atoms. The summed E-state index contributed by atoms with van der Waals surface area (Å²) in [5, 5.41) is 9.64. The molecule has 4 heteroatoms. The van der Waals surface area contributed by atoms with Crippen molar-refractivity contribution in [3.63, 3.8) is 0 Å². The van der Waals surface area contributed by atoms with E-state index in [0.29, 0.717) is 5.75 Å². The molecule has 1 N–H and O–H groups in total. The maximum atomic E-state index is 12.4. The molecule has 0 aliphatic carbocycles. The molecule has 0 aliphatic heterocycles. The largest absolute Gasteiger partial charge is 0.504 e. The Balaban J connectivity index is 1.79. The fourth-order valence-electron chi connectivity index (χ4n) is 2.70. The maximum absolute atomic E-state index is 12.4. The first-order valence-corrected chi connectivity index (χ1v) is 8.53. The van der Waals surface area contributed by atoms with Gasteiger partial charge >= 0.3 is 5.97 Å². The van der Waals surface area contributed by atoms with Crippen molar-refractivity contribution in [2.24, 2.45) is 0 Å². The topological polar surface area (TPSA) is 55.8 Å². The number of hydrogen-bond donors (Lipinski definition) is 1. The monoisotopic (exact) mass is 360 g/mol. The second-order valence-electron chi connectivity index (χ2n) is 5.90. The highest BCUT2D eigenvalue weighted by atomic mass is 16.5. The van der Waals surface area contributed by atoms with Gasteiger partial charge in [-0.3, -0.25) is 0 Å². The summed E-state index contributed by atoms with van der Waals surface area (Å²) >= 11 is 0. The minimum Gasteiger partial charge on any atom is -0.504 e. The van der Waals surface area contributed by atoms with E-state index in [1.165, 1.54) is 19.3 Å². The predicted octanol–water partition coefficient (Wildman–Crippen LogP) is 4.75. The second kappa shape index (κ2) is 8.72. The molecule has 0 atom stereocenters. The summed E-state index contributed by atoms with van der Waals surface area (Å²) in [5.74, 6) is -0.0674. The molecule has 0 radical (unpaired) electrons. The van der Waals surface area contributed by atoms with Crippen LogP contribution >= 0.6 is 0 Å². The molecule has 0 saturated heterocycles. The van der Waals surface area contributed by atoms with Gasteiger partial charge in [0.1, 0.15) is 0 Å². The molecular weight excluding hydrogens is 340 g/mol. The molecule has 0 aliphatic rings. The van der Waals surface area contributed by atoms with E-state index < -0.39 is 12.1 Å². The molecule has 4 nitrogen and oxygen atoms in total. The third-order valence-corrected chi connectivity index (χ3v) is 4.05. The Bertz CT molecular complexity index is 878. The van der Waals surface area contributed by atoms with Crippen molar-refractivity contribution in [1.82, 2.24) is 0 Å². The SMILES string of the molecule is COc1cc(/C=C/C(=O)OC(c2ccccc2)c2ccccc2)ccc1O. The van der Waals surface area contributed by atoms with Crippen LogP contribution in [0.15, 0.2) is 84.9 Å². The highest BCUT2D eigenvalue weighted by molar-refractivity contribution is 5.87. The molecule has 3 rings (SSSR count). The summed E-state index contributed by atoms with van der Waals surface area (Å²) in [4.78, 5) is 12.4. The molecule has 0 aromatic heterocycles. The fraction of sp³-hybridized carbons (Fsp3) is 0.0870. The van der Waals surface area contributed by atoms with Crippen LogP contribution in [0, 0.1) is 0 Å². The number of esters is 1. The summed E-state index contributed by atoms with van der Waals surface area (Å²) in [6.07, 6.45) is 2.50. The molecule has 0 saturated carbocycles. The summed E-state index contributed by atoms with van der Waals surface area (Å²) in [6, 6.07) is 24.1. The van der Waals surface area contributed by atoms with E-state index in [-0.39, 0.29) is 5.75 Å². The van der Waals surface area contributed by atoms with Gasteiger partial charge in [-0.1, -0.05) is 66.7 Å². The summed E-state index contributed by atoms with van der Waals surface area (Å²) < 4.78 is 10.8. The number of carbonyl (C=O) groups excluding carboxylic acids is 1. The van der Waals surface area contributed by atoms with Gasteiger partial charge in [-0.2, -0.15) is 0 Å². The highest BCUT2D eigenvalue weighted by Crippen LogP contribution is 2.28. The van der Waals surface area contributed by atoms with Crippen LogP contribution in [0.2, 0.25) is 0 Å². The Morgan fingerprint density at radius 3 is 2.07 bits per heavy atom. The zero-order valence-corrected chi connectivity index (χ0v) is 14.9. The van der Waals surface area contributed by atoms with Gasteiger partial charge in [0.2, 0.25) is 0 Å². The van der Waals surface area contributed by atoms with Gasteiger partial charge in [-0.25, -0.2) is 4.79 Å². The van der Waals surface area contributed by atoms with Gasteiger partial charge in [0, 0.05) is 6.08 Å². The first-order chi connectivity index (χ1) is 13.2. The van der Waals surface area contributed by atoms with Crippen molar-refractivity contribution in [3.8, 4) is 11.5 Å². The summed E-state index contributed by atoms with van der Waals surface area (Å²) in [7, 11) is 1.47. The average Bonchev–Trinajstić information content (AvgIpc) is 2.72. The van der Waals surface area contributed by atoms with Gasteiger partial charge in [0.25, 0.3) is 0 Å². The van der Waals surface area contributed by atoms with E-state index in [9.17, 15) is 9.90 Å². The Morgan fingerprint density at radius 1 is 0.926 bits per heavy atom. The maximum Gasteiger partial charge on any atom is 0.331 e. The van der Waals surface area contributed by atoms with Gasteiger partial charge in [-0.05, 0) is 34.9 Å². The van der Waals surface area contributed by atoms with Gasteiger partial charge in [0.15, 0.2) is 17.6 Å². The molecule has 0 fully saturated rings. The number of aromatic hydroxyl groups is 1. The molecule has 0 unspecified atom stereocenters. The number of benzene rings is 3. The third kappa shape index (κ3) is 4.76. The van der Waals surface area contributed by atoms with E-state index in [1.54, 1.807) is 18.2 Å². The first kappa shape index (κ1) is 18.3. The second-order valence-corrected chi connectivity index (χ2v) is 5.90.